The molecule has 8 atom stereocenters. The molecule has 0 radical (unpaired) electrons. The molecule has 1 saturated carbocycles. The zero-order valence-corrected chi connectivity index (χ0v) is 12.4. The molecule has 0 amide bonds. The van der Waals surface area contributed by atoms with Gasteiger partial charge in [-0.15, -0.1) is 0 Å². The fraction of sp³-hybridized carbons (Fsp3) is 0.833. The van der Waals surface area contributed by atoms with E-state index in [9.17, 15) is 0 Å². The van der Waals surface area contributed by atoms with Crippen LogP contribution >= 0.6 is 0 Å². The highest BCUT2D eigenvalue weighted by Gasteiger charge is 2.65. The van der Waals surface area contributed by atoms with Gasteiger partial charge in [-0.3, -0.25) is 0 Å². The fourth-order valence-electron chi connectivity index (χ4n) is 5.94. The summed E-state index contributed by atoms with van der Waals surface area (Å²) in [5.41, 5.74) is 0. The van der Waals surface area contributed by atoms with Crippen molar-refractivity contribution < 1.29 is 4.74 Å². The van der Waals surface area contributed by atoms with Gasteiger partial charge < -0.3 is 4.74 Å². The zero-order valence-electron chi connectivity index (χ0n) is 12.4. The minimum absolute atomic E-state index is 0.539. The predicted molar refractivity (Wildman–Crippen MR) is 77.7 cm³/mol. The van der Waals surface area contributed by atoms with Crippen molar-refractivity contribution in [2.45, 2.75) is 57.7 Å². The normalized spacial score (nSPS) is 50.6. The lowest BCUT2D eigenvalue weighted by Gasteiger charge is -2.38. The molecule has 2 aliphatic heterocycles. The van der Waals surface area contributed by atoms with Gasteiger partial charge in [0.15, 0.2) is 0 Å². The van der Waals surface area contributed by atoms with Crippen LogP contribution in [0.3, 0.4) is 0 Å². The molecular formula is C18H25NO. The summed E-state index contributed by atoms with van der Waals surface area (Å²) < 4.78 is 6.49. The zero-order chi connectivity index (χ0) is 13.7. The third-order valence-corrected chi connectivity index (χ3v) is 6.60. The molecule has 2 saturated heterocycles. The number of unbranched alkanes of at least 4 members (excludes halogenated alkanes) is 2. The van der Waals surface area contributed by atoms with E-state index in [1.165, 1.54) is 25.7 Å². The number of ether oxygens (including phenoxy) is 1. The molecule has 20 heavy (non-hydrogen) atoms. The summed E-state index contributed by atoms with van der Waals surface area (Å²) in [6, 6.07) is 2.27. The molecule has 4 bridgehead atoms. The summed E-state index contributed by atoms with van der Waals surface area (Å²) in [4.78, 5) is 0. The van der Waals surface area contributed by atoms with Crippen LogP contribution in [-0.2, 0) is 4.74 Å². The van der Waals surface area contributed by atoms with E-state index in [1.54, 1.807) is 0 Å². The third kappa shape index (κ3) is 1.65. The Morgan fingerprint density at radius 3 is 2.45 bits per heavy atom. The lowest BCUT2D eigenvalue weighted by molar-refractivity contribution is 0.0573. The van der Waals surface area contributed by atoms with Crippen LogP contribution in [0.15, 0.2) is 12.2 Å². The van der Waals surface area contributed by atoms with Crippen molar-refractivity contribution in [1.82, 2.24) is 0 Å². The Bertz CT molecular complexity index is 451. The van der Waals surface area contributed by atoms with Crippen LogP contribution in [0, 0.1) is 46.8 Å². The first-order valence-electron chi connectivity index (χ1n) is 8.56. The van der Waals surface area contributed by atoms with Crippen LogP contribution in [0.5, 0.6) is 0 Å². The van der Waals surface area contributed by atoms with Crippen LogP contribution in [0.4, 0.5) is 0 Å². The van der Waals surface area contributed by atoms with Crippen LogP contribution < -0.4 is 0 Å². The van der Waals surface area contributed by atoms with Gasteiger partial charge in [-0.2, -0.15) is 5.26 Å². The van der Waals surface area contributed by atoms with Gasteiger partial charge in [-0.05, 0) is 54.8 Å². The largest absolute Gasteiger partial charge is 0.374 e. The molecule has 2 heteroatoms. The molecule has 0 aromatic heterocycles. The molecule has 0 spiro atoms. The van der Waals surface area contributed by atoms with E-state index < -0.39 is 0 Å². The van der Waals surface area contributed by atoms with Crippen molar-refractivity contribution in [3.8, 4) is 6.07 Å². The van der Waals surface area contributed by atoms with Gasteiger partial charge in [0.1, 0.15) is 0 Å². The SMILES string of the molecule is CCC1C(CCCCC#N)C2OC1C1C3C=CC(C3)C21. The quantitative estimate of drug-likeness (QED) is 0.560. The highest BCUT2D eigenvalue weighted by molar-refractivity contribution is 5.22. The maximum Gasteiger partial charge on any atom is 0.0648 e. The summed E-state index contributed by atoms with van der Waals surface area (Å²) >= 11 is 0. The lowest BCUT2D eigenvalue weighted by atomic mass is 9.63. The Hall–Kier alpha value is -0.810. The number of allylic oxidation sites excluding steroid dienone is 2. The fourth-order valence-corrected chi connectivity index (χ4v) is 5.94. The second-order valence-electron chi connectivity index (χ2n) is 7.31. The van der Waals surface area contributed by atoms with E-state index in [-0.39, 0.29) is 0 Å². The maximum atomic E-state index is 8.67. The van der Waals surface area contributed by atoms with Gasteiger partial charge in [0.25, 0.3) is 0 Å². The minimum Gasteiger partial charge on any atom is -0.374 e. The molecule has 8 unspecified atom stereocenters. The Labute approximate surface area is 122 Å². The summed E-state index contributed by atoms with van der Waals surface area (Å²) in [6.45, 7) is 2.34. The Morgan fingerprint density at radius 1 is 1.10 bits per heavy atom. The Balaban J connectivity index is 1.48. The molecular weight excluding hydrogens is 246 g/mol. The molecule has 0 N–H and O–H groups in total. The number of hydrogen-bond donors (Lipinski definition) is 0. The first-order valence-corrected chi connectivity index (χ1v) is 8.56. The van der Waals surface area contributed by atoms with Crippen molar-refractivity contribution in [3.05, 3.63) is 12.2 Å². The highest BCUT2D eigenvalue weighted by Crippen LogP contribution is 2.64. The molecule has 0 aromatic rings. The van der Waals surface area contributed by atoms with Crippen LogP contribution in [0.25, 0.3) is 0 Å². The minimum atomic E-state index is 0.539. The molecule has 4 rings (SSSR count). The first kappa shape index (κ1) is 12.9. The topological polar surface area (TPSA) is 33.0 Å². The number of nitrogens with zero attached hydrogens (tertiary/aromatic N) is 1. The number of rotatable bonds is 5. The second-order valence-corrected chi connectivity index (χ2v) is 7.31. The average molecular weight is 271 g/mol. The Kier molecular flexibility index (Phi) is 3.15. The van der Waals surface area contributed by atoms with Crippen molar-refractivity contribution in [1.29, 1.82) is 5.26 Å². The molecule has 2 heterocycles. The monoisotopic (exact) mass is 271 g/mol. The van der Waals surface area contributed by atoms with E-state index in [1.807, 2.05) is 0 Å². The molecule has 2 aliphatic carbocycles. The number of fused-ring (bicyclic) bond motifs is 9. The average Bonchev–Trinajstić information content (AvgIpc) is 3.19. The summed E-state index contributed by atoms with van der Waals surface area (Å²) in [5, 5.41) is 8.67. The highest BCUT2D eigenvalue weighted by atomic mass is 16.5. The number of hydrogen-bond acceptors (Lipinski definition) is 2. The second kappa shape index (κ2) is 4.88. The summed E-state index contributed by atoms with van der Waals surface area (Å²) in [7, 11) is 0. The van der Waals surface area contributed by atoms with Gasteiger partial charge >= 0.3 is 0 Å². The van der Waals surface area contributed by atoms with Crippen molar-refractivity contribution in [2.24, 2.45) is 35.5 Å². The van der Waals surface area contributed by atoms with E-state index in [0.717, 1.165) is 48.3 Å². The van der Waals surface area contributed by atoms with Gasteiger partial charge in [0.2, 0.25) is 0 Å². The summed E-state index contributed by atoms with van der Waals surface area (Å²) in [6.07, 6.45) is 13.0. The molecule has 3 fully saturated rings. The number of nitriles is 1. The van der Waals surface area contributed by atoms with E-state index in [2.05, 4.69) is 25.1 Å². The van der Waals surface area contributed by atoms with Crippen molar-refractivity contribution in [2.75, 3.05) is 0 Å². The predicted octanol–water partition coefficient (Wildman–Crippen LogP) is 3.93. The molecule has 2 nitrogen and oxygen atoms in total. The maximum absolute atomic E-state index is 8.67. The Morgan fingerprint density at radius 2 is 1.80 bits per heavy atom. The van der Waals surface area contributed by atoms with Gasteiger partial charge in [0, 0.05) is 6.42 Å². The van der Waals surface area contributed by atoms with Gasteiger partial charge in [0.05, 0.1) is 18.3 Å². The van der Waals surface area contributed by atoms with Crippen molar-refractivity contribution >= 4 is 0 Å². The molecule has 0 aromatic carbocycles. The lowest BCUT2D eigenvalue weighted by Crippen LogP contribution is -2.41. The van der Waals surface area contributed by atoms with E-state index in [0.29, 0.717) is 12.2 Å². The third-order valence-electron chi connectivity index (χ3n) is 6.60. The van der Waals surface area contributed by atoms with Gasteiger partial charge in [-0.25, -0.2) is 0 Å². The van der Waals surface area contributed by atoms with Crippen LogP contribution in [-0.4, -0.2) is 12.2 Å². The smallest absolute Gasteiger partial charge is 0.0648 e. The standard InChI is InChI=1S/C18H25NO/c1-2-13-14(6-4-3-5-9-19)18-16-12-8-7-11(10-12)15(16)17(13)20-18/h7-8,11-18H,2-6,10H2,1H3. The first-order chi connectivity index (χ1) is 9.85. The molecule has 108 valence electrons. The van der Waals surface area contributed by atoms with Crippen LogP contribution in [0.1, 0.15) is 45.4 Å². The van der Waals surface area contributed by atoms with Crippen molar-refractivity contribution in [3.63, 3.8) is 0 Å². The summed E-state index contributed by atoms with van der Waals surface area (Å²) in [5.74, 6) is 4.89. The van der Waals surface area contributed by atoms with E-state index in [4.69, 9.17) is 10.00 Å². The van der Waals surface area contributed by atoms with E-state index >= 15 is 0 Å². The molecule has 4 aliphatic rings. The van der Waals surface area contributed by atoms with Gasteiger partial charge in [-0.1, -0.05) is 31.9 Å². The van der Waals surface area contributed by atoms with Crippen LogP contribution in [0.2, 0.25) is 0 Å².